The number of nitrogens with one attached hydrogen (secondary N) is 1. The molecule has 4 rings (SSSR count). The minimum Gasteiger partial charge on any atom is -0.477 e. The topological polar surface area (TPSA) is 67.2 Å². The van der Waals surface area contributed by atoms with E-state index in [9.17, 15) is 9.90 Å². The molecule has 2 aromatic heterocycles. The maximum atomic E-state index is 11.8. The third-order valence-electron chi connectivity index (χ3n) is 4.03. The second-order valence-corrected chi connectivity index (χ2v) is 6.63. The Labute approximate surface area is 148 Å². The SMILES string of the molecule is Cc1c(-n2cnc3ccccc32)sc(C(=O)O)c1Nc1ccccc1. The second-order valence-electron chi connectivity index (χ2n) is 5.64. The number of hydrogen-bond donors (Lipinski definition) is 2. The minimum absolute atomic E-state index is 0.286. The number of fused-ring (bicyclic) bond motifs is 1. The van der Waals surface area contributed by atoms with E-state index in [1.54, 1.807) is 6.33 Å². The van der Waals surface area contributed by atoms with E-state index in [0.29, 0.717) is 5.69 Å². The molecule has 2 aromatic carbocycles. The molecule has 0 aliphatic rings. The third kappa shape index (κ3) is 2.66. The van der Waals surface area contributed by atoms with Crippen LogP contribution in [0.5, 0.6) is 0 Å². The maximum absolute atomic E-state index is 11.8. The van der Waals surface area contributed by atoms with Crippen LogP contribution in [0.2, 0.25) is 0 Å². The lowest BCUT2D eigenvalue weighted by Crippen LogP contribution is -1.99. The zero-order valence-corrected chi connectivity index (χ0v) is 14.2. The molecule has 25 heavy (non-hydrogen) atoms. The third-order valence-corrected chi connectivity index (χ3v) is 5.31. The second kappa shape index (κ2) is 6.07. The highest BCUT2D eigenvalue weighted by Gasteiger charge is 2.22. The molecule has 0 aliphatic heterocycles. The summed E-state index contributed by atoms with van der Waals surface area (Å²) in [6.45, 7) is 1.93. The molecule has 0 spiro atoms. The minimum atomic E-state index is -0.942. The van der Waals surface area contributed by atoms with Crippen molar-refractivity contribution in [2.45, 2.75) is 6.92 Å². The van der Waals surface area contributed by atoms with Gasteiger partial charge < -0.3 is 10.4 Å². The van der Waals surface area contributed by atoms with Crippen molar-refractivity contribution in [2.24, 2.45) is 0 Å². The van der Waals surface area contributed by atoms with Crippen molar-refractivity contribution in [3.63, 3.8) is 0 Å². The first kappa shape index (κ1) is 15.4. The molecule has 0 unspecified atom stereocenters. The molecule has 0 fully saturated rings. The average molecular weight is 349 g/mol. The monoisotopic (exact) mass is 349 g/mol. The smallest absolute Gasteiger partial charge is 0.348 e. The summed E-state index contributed by atoms with van der Waals surface area (Å²) in [5.74, 6) is -0.942. The molecule has 0 radical (unpaired) electrons. The van der Waals surface area contributed by atoms with Crippen molar-refractivity contribution in [3.8, 4) is 5.00 Å². The molecule has 0 saturated carbocycles. The van der Waals surface area contributed by atoms with Gasteiger partial charge in [-0.15, -0.1) is 11.3 Å². The van der Waals surface area contributed by atoms with Gasteiger partial charge in [-0.05, 0) is 31.2 Å². The van der Waals surface area contributed by atoms with Crippen LogP contribution in [0, 0.1) is 6.92 Å². The van der Waals surface area contributed by atoms with Gasteiger partial charge in [0, 0.05) is 11.3 Å². The summed E-state index contributed by atoms with van der Waals surface area (Å²) in [7, 11) is 0. The van der Waals surface area contributed by atoms with Crippen LogP contribution >= 0.6 is 11.3 Å². The largest absolute Gasteiger partial charge is 0.477 e. The van der Waals surface area contributed by atoms with Crippen molar-refractivity contribution in [1.82, 2.24) is 9.55 Å². The number of anilines is 2. The van der Waals surface area contributed by atoms with Crippen LogP contribution in [0.15, 0.2) is 60.9 Å². The molecule has 0 aliphatic carbocycles. The molecule has 0 amide bonds. The van der Waals surface area contributed by atoms with E-state index in [4.69, 9.17) is 0 Å². The molecular formula is C19H15N3O2S. The van der Waals surface area contributed by atoms with Crippen LogP contribution < -0.4 is 5.32 Å². The Morgan fingerprint density at radius 2 is 1.84 bits per heavy atom. The predicted molar refractivity (Wildman–Crippen MR) is 100 cm³/mol. The van der Waals surface area contributed by atoms with Crippen LogP contribution in [-0.2, 0) is 0 Å². The number of carboxylic acids is 1. The number of imidazole rings is 1. The molecule has 2 heterocycles. The van der Waals surface area contributed by atoms with Gasteiger partial charge in [0.2, 0.25) is 0 Å². The number of carboxylic acid groups (broad SMARTS) is 1. The highest BCUT2D eigenvalue weighted by Crippen LogP contribution is 2.38. The molecule has 0 bridgehead atoms. The summed E-state index contributed by atoms with van der Waals surface area (Å²) in [6.07, 6.45) is 1.74. The Morgan fingerprint density at radius 1 is 1.12 bits per heavy atom. The Kier molecular flexibility index (Phi) is 3.74. The van der Waals surface area contributed by atoms with Crippen LogP contribution in [0.3, 0.4) is 0 Å². The molecule has 124 valence electrons. The lowest BCUT2D eigenvalue weighted by molar-refractivity contribution is 0.0703. The number of thiophene rings is 1. The zero-order chi connectivity index (χ0) is 17.4. The summed E-state index contributed by atoms with van der Waals surface area (Å²) in [5.41, 5.74) is 4.19. The van der Waals surface area contributed by atoms with Gasteiger partial charge in [0.15, 0.2) is 0 Å². The fourth-order valence-corrected chi connectivity index (χ4v) is 3.91. The molecule has 2 N–H and O–H groups in total. The van der Waals surface area contributed by atoms with Crippen molar-refractivity contribution in [3.05, 3.63) is 71.4 Å². The summed E-state index contributed by atoms with van der Waals surface area (Å²) in [6, 6.07) is 17.4. The lowest BCUT2D eigenvalue weighted by Gasteiger charge is -2.08. The Balaban J connectivity index is 1.87. The summed E-state index contributed by atoms with van der Waals surface area (Å²) in [4.78, 5) is 16.4. The first-order valence-electron chi connectivity index (χ1n) is 7.76. The average Bonchev–Trinajstić information content (AvgIpc) is 3.18. The van der Waals surface area contributed by atoms with Crippen LogP contribution in [0.4, 0.5) is 11.4 Å². The number of aromatic carboxylic acids is 1. The molecule has 0 saturated heterocycles. The number of carbonyl (C=O) groups is 1. The fourth-order valence-electron chi connectivity index (χ4n) is 2.82. The fraction of sp³-hybridized carbons (Fsp3) is 0.0526. The summed E-state index contributed by atoms with van der Waals surface area (Å²) in [5, 5.41) is 13.7. The van der Waals surface area contributed by atoms with E-state index in [2.05, 4.69) is 10.3 Å². The van der Waals surface area contributed by atoms with Gasteiger partial charge in [-0.2, -0.15) is 0 Å². The molecule has 4 aromatic rings. The quantitative estimate of drug-likeness (QED) is 0.553. The van der Waals surface area contributed by atoms with Crippen molar-refractivity contribution in [1.29, 1.82) is 0 Å². The number of hydrogen-bond acceptors (Lipinski definition) is 4. The molecular weight excluding hydrogens is 334 g/mol. The highest BCUT2D eigenvalue weighted by atomic mass is 32.1. The van der Waals surface area contributed by atoms with E-state index in [1.165, 1.54) is 11.3 Å². The Morgan fingerprint density at radius 3 is 2.60 bits per heavy atom. The molecule has 0 atom stereocenters. The molecule has 6 heteroatoms. The van der Waals surface area contributed by atoms with Crippen LogP contribution in [-0.4, -0.2) is 20.6 Å². The number of aromatic nitrogens is 2. The number of benzene rings is 2. The van der Waals surface area contributed by atoms with Crippen LogP contribution in [0.1, 0.15) is 15.2 Å². The Bertz CT molecular complexity index is 1070. The summed E-state index contributed by atoms with van der Waals surface area (Å²) >= 11 is 1.25. The van der Waals surface area contributed by atoms with Gasteiger partial charge in [0.25, 0.3) is 0 Å². The van der Waals surface area contributed by atoms with E-state index >= 15 is 0 Å². The standard InChI is InChI=1S/C19H15N3O2S/c1-12-16(21-13-7-3-2-4-8-13)17(19(23)24)25-18(12)22-11-20-14-9-5-6-10-15(14)22/h2-11,21H,1H3,(H,23,24). The normalized spacial score (nSPS) is 10.9. The van der Waals surface area contributed by atoms with Gasteiger partial charge in [-0.3, -0.25) is 4.57 Å². The van der Waals surface area contributed by atoms with E-state index < -0.39 is 5.97 Å². The van der Waals surface area contributed by atoms with Crippen molar-refractivity contribution < 1.29 is 9.90 Å². The van der Waals surface area contributed by atoms with E-state index in [1.807, 2.05) is 66.1 Å². The lowest BCUT2D eigenvalue weighted by atomic mass is 10.2. The predicted octanol–water partition coefficient (Wildman–Crippen LogP) is 4.84. The van der Waals surface area contributed by atoms with Gasteiger partial charge in [-0.1, -0.05) is 30.3 Å². The summed E-state index contributed by atoms with van der Waals surface area (Å²) < 4.78 is 1.94. The van der Waals surface area contributed by atoms with E-state index in [0.717, 1.165) is 27.3 Å². The van der Waals surface area contributed by atoms with Crippen molar-refractivity contribution >= 4 is 39.7 Å². The van der Waals surface area contributed by atoms with Crippen molar-refractivity contribution in [2.75, 3.05) is 5.32 Å². The maximum Gasteiger partial charge on any atom is 0.348 e. The van der Waals surface area contributed by atoms with E-state index in [-0.39, 0.29) is 4.88 Å². The van der Waals surface area contributed by atoms with Gasteiger partial charge >= 0.3 is 5.97 Å². The number of nitrogens with zero attached hydrogens (tertiary/aromatic N) is 2. The first-order valence-corrected chi connectivity index (χ1v) is 8.58. The van der Waals surface area contributed by atoms with Gasteiger partial charge in [0.1, 0.15) is 16.2 Å². The Hall–Kier alpha value is -3.12. The van der Waals surface area contributed by atoms with Gasteiger partial charge in [0.05, 0.1) is 16.7 Å². The van der Waals surface area contributed by atoms with Crippen LogP contribution in [0.25, 0.3) is 16.0 Å². The zero-order valence-electron chi connectivity index (χ0n) is 13.4. The molecule has 5 nitrogen and oxygen atoms in total. The number of rotatable bonds is 4. The van der Waals surface area contributed by atoms with Gasteiger partial charge in [-0.25, -0.2) is 9.78 Å². The first-order chi connectivity index (χ1) is 12.1. The highest BCUT2D eigenvalue weighted by molar-refractivity contribution is 7.17. The number of para-hydroxylation sites is 3.